The monoisotopic (exact) mass is 251 g/mol. The lowest BCUT2D eigenvalue weighted by atomic mass is 10.1. The molecule has 2 aromatic rings. The van der Waals surface area contributed by atoms with E-state index in [0.29, 0.717) is 0 Å². The SMILES string of the molecule is CC1=C(Cc2cccnc2)NN(c2ccccc2)C1. The molecule has 0 spiro atoms. The molecule has 1 aliphatic rings. The Morgan fingerprint density at radius 1 is 1.16 bits per heavy atom. The molecule has 3 rings (SSSR count). The molecule has 3 nitrogen and oxygen atoms in total. The summed E-state index contributed by atoms with van der Waals surface area (Å²) in [4.78, 5) is 4.16. The lowest BCUT2D eigenvalue weighted by Gasteiger charge is -2.20. The van der Waals surface area contributed by atoms with Gasteiger partial charge in [0.1, 0.15) is 0 Å². The lowest BCUT2D eigenvalue weighted by Crippen LogP contribution is -2.32. The van der Waals surface area contributed by atoms with Gasteiger partial charge in [-0.25, -0.2) is 0 Å². The third-order valence-corrected chi connectivity index (χ3v) is 3.35. The summed E-state index contributed by atoms with van der Waals surface area (Å²) in [6.07, 6.45) is 4.64. The van der Waals surface area contributed by atoms with Crippen molar-refractivity contribution < 1.29 is 0 Å². The number of nitrogens with zero attached hydrogens (tertiary/aromatic N) is 2. The first kappa shape index (κ1) is 11.8. The van der Waals surface area contributed by atoms with Crippen molar-refractivity contribution in [3.05, 3.63) is 71.7 Å². The van der Waals surface area contributed by atoms with Crippen LogP contribution in [-0.4, -0.2) is 11.5 Å². The molecule has 1 aromatic carbocycles. The summed E-state index contributed by atoms with van der Waals surface area (Å²) in [7, 11) is 0. The Balaban J connectivity index is 1.73. The van der Waals surface area contributed by atoms with Crippen molar-refractivity contribution in [1.82, 2.24) is 10.4 Å². The number of hydrogen-bond acceptors (Lipinski definition) is 3. The highest BCUT2D eigenvalue weighted by atomic mass is 15.5. The number of aromatic nitrogens is 1. The smallest absolute Gasteiger partial charge is 0.0621 e. The summed E-state index contributed by atoms with van der Waals surface area (Å²) in [5.74, 6) is 0. The highest BCUT2D eigenvalue weighted by molar-refractivity contribution is 5.49. The second-order valence-corrected chi connectivity index (χ2v) is 4.83. The van der Waals surface area contributed by atoms with E-state index in [9.17, 15) is 0 Å². The minimum atomic E-state index is 0.906. The van der Waals surface area contributed by atoms with E-state index in [4.69, 9.17) is 0 Å². The fraction of sp³-hybridized carbons (Fsp3) is 0.188. The van der Waals surface area contributed by atoms with Gasteiger partial charge in [-0.05, 0) is 36.3 Å². The van der Waals surface area contributed by atoms with Gasteiger partial charge in [-0.2, -0.15) is 0 Å². The molecule has 2 heterocycles. The molecule has 0 atom stereocenters. The molecule has 96 valence electrons. The van der Waals surface area contributed by atoms with Gasteiger partial charge in [-0.3, -0.25) is 9.99 Å². The molecule has 0 aliphatic carbocycles. The average molecular weight is 251 g/mol. The molecule has 0 radical (unpaired) electrons. The third kappa shape index (κ3) is 2.60. The molecule has 0 amide bonds. The van der Waals surface area contributed by atoms with E-state index in [-0.39, 0.29) is 0 Å². The fourth-order valence-corrected chi connectivity index (χ4v) is 2.29. The van der Waals surface area contributed by atoms with Crippen LogP contribution in [0.2, 0.25) is 0 Å². The highest BCUT2D eigenvalue weighted by Gasteiger charge is 2.18. The van der Waals surface area contributed by atoms with Gasteiger partial charge in [0.2, 0.25) is 0 Å². The molecule has 1 aliphatic heterocycles. The Morgan fingerprint density at radius 3 is 2.74 bits per heavy atom. The van der Waals surface area contributed by atoms with Crippen molar-refractivity contribution in [1.29, 1.82) is 0 Å². The van der Waals surface area contributed by atoms with Crippen molar-refractivity contribution in [3.63, 3.8) is 0 Å². The van der Waals surface area contributed by atoms with E-state index in [2.05, 4.69) is 52.7 Å². The van der Waals surface area contributed by atoms with Crippen LogP contribution in [0, 0.1) is 0 Å². The minimum Gasteiger partial charge on any atom is -0.302 e. The Bertz CT molecular complexity index is 575. The van der Waals surface area contributed by atoms with Gasteiger partial charge in [0.15, 0.2) is 0 Å². The lowest BCUT2D eigenvalue weighted by molar-refractivity contribution is 0.783. The van der Waals surface area contributed by atoms with E-state index < -0.39 is 0 Å². The quantitative estimate of drug-likeness (QED) is 0.909. The second kappa shape index (κ2) is 5.14. The van der Waals surface area contributed by atoms with Crippen LogP contribution in [0.4, 0.5) is 5.69 Å². The Morgan fingerprint density at radius 2 is 2.00 bits per heavy atom. The molecule has 0 saturated heterocycles. The number of nitrogens with one attached hydrogen (secondary N) is 1. The standard InChI is InChI=1S/C16H17N3/c1-13-12-19(15-7-3-2-4-8-15)18-16(13)10-14-6-5-9-17-11-14/h2-9,11,18H,10,12H2,1H3. The molecule has 0 fully saturated rings. The Kier molecular flexibility index (Phi) is 3.19. The third-order valence-electron chi connectivity index (χ3n) is 3.35. The summed E-state index contributed by atoms with van der Waals surface area (Å²) in [5, 5.41) is 2.18. The predicted molar refractivity (Wildman–Crippen MR) is 77.6 cm³/mol. The molecule has 0 saturated carbocycles. The first-order chi connectivity index (χ1) is 9.33. The number of anilines is 1. The molecule has 0 bridgehead atoms. The molecule has 19 heavy (non-hydrogen) atoms. The van der Waals surface area contributed by atoms with Crippen molar-refractivity contribution >= 4 is 5.69 Å². The predicted octanol–water partition coefficient (Wildman–Crippen LogP) is 2.92. The molecule has 1 N–H and O–H groups in total. The van der Waals surface area contributed by atoms with Gasteiger partial charge >= 0.3 is 0 Å². The molecule has 0 unspecified atom stereocenters. The number of pyridine rings is 1. The average Bonchev–Trinajstić information content (AvgIpc) is 2.82. The minimum absolute atomic E-state index is 0.906. The van der Waals surface area contributed by atoms with Gasteiger partial charge in [0.05, 0.1) is 12.2 Å². The molecular weight excluding hydrogens is 234 g/mol. The van der Waals surface area contributed by atoms with Crippen LogP contribution >= 0.6 is 0 Å². The summed E-state index contributed by atoms with van der Waals surface area (Å²) >= 11 is 0. The second-order valence-electron chi connectivity index (χ2n) is 4.83. The maximum Gasteiger partial charge on any atom is 0.0621 e. The zero-order valence-electron chi connectivity index (χ0n) is 11.0. The number of hydrogen-bond donors (Lipinski definition) is 1. The fourth-order valence-electron chi connectivity index (χ4n) is 2.29. The topological polar surface area (TPSA) is 28.2 Å². The summed E-state index contributed by atoms with van der Waals surface area (Å²) in [6, 6.07) is 14.5. The van der Waals surface area contributed by atoms with Crippen LogP contribution in [0.25, 0.3) is 0 Å². The van der Waals surface area contributed by atoms with Gasteiger partial charge < -0.3 is 5.43 Å². The number of rotatable bonds is 3. The first-order valence-electron chi connectivity index (χ1n) is 6.50. The summed E-state index contributed by atoms with van der Waals surface area (Å²) < 4.78 is 0. The van der Waals surface area contributed by atoms with Crippen LogP contribution < -0.4 is 10.4 Å². The van der Waals surface area contributed by atoms with E-state index in [0.717, 1.165) is 13.0 Å². The van der Waals surface area contributed by atoms with E-state index in [1.54, 1.807) is 0 Å². The van der Waals surface area contributed by atoms with Crippen molar-refractivity contribution in [3.8, 4) is 0 Å². The largest absolute Gasteiger partial charge is 0.302 e. The molecule has 3 heteroatoms. The number of hydrazine groups is 1. The van der Waals surface area contributed by atoms with E-state index >= 15 is 0 Å². The number of benzene rings is 1. The van der Waals surface area contributed by atoms with Crippen LogP contribution in [0.1, 0.15) is 12.5 Å². The number of para-hydroxylation sites is 1. The van der Waals surface area contributed by atoms with Crippen LogP contribution in [0.5, 0.6) is 0 Å². The van der Waals surface area contributed by atoms with Crippen LogP contribution in [0.3, 0.4) is 0 Å². The van der Waals surface area contributed by atoms with Gasteiger partial charge in [-0.15, -0.1) is 0 Å². The molecular formula is C16H17N3. The maximum atomic E-state index is 4.16. The van der Waals surface area contributed by atoms with Crippen molar-refractivity contribution in [2.24, 2.45) is 0 Å². The zero-order valence-corrected chi connectivity index (χ0v) is 11.0. The number of allylic oxidation sites excluding steroid dienone is 1. The van der Waals surface area contributed by atoms with Gasteiger partial charge in [0.25, 0.3) is 0 Å². The first-order valence-corrected chi connectivity index (χ1v) is 6.50. The van der Waals surface area contributed by atoms with Crippen LogP contribution in [-0.2, 0) is 6.42 Å². The highest BCUT2D eigenvalue weighted by Crippen LogP contribution is 2.21. The molecule has 1 aromatic heterocycles. The Hall–Kier alpha value is -2.29. The van der Waals surface area contributed by atoms with Crippen molar-refractivity contribution in [2.75, 3.05) is 11.6 Å². The van der Waals surface area contributed by atoms with Crippen molar-refractivity contribution in [2.45, 2.75) is 13.3 Å². The maximum absolute atomic E-state index is 4.16. The van der Waals surface area contributed by atoms with Gasteiger partial charge in [-0.1, -0.05) is 24.3 Å². The Labute approximate surface area is 113 Å². The van der Waals surface area contributed by atoms with Crippen LogP contribution in [0.15, 0.2) is 66.1 Å². The summed E-state index contributed by atoms with van der Waals surface area (Å²) in [5.41, 5.74) is 8.58. The van der Waals surface area contributed by atoms with E-state index in [1.165, 1.54) is 22.5 Å². The normalized spacial score (nSPS) is 14.7. The summed E-state index contributed by atoms with van der Waals surface area (Å²) in [6.45, 7) is 3.11. The van der Waals surface area contributed by atoms with E-state index in [1.807, 2.05) is 24.5 Å². The zero-order chi connectivity index (χ0) is 13.1. The van der Waals surface area contributed by atoms with Gasteiger partial charge in [0, 0.05) is 24.5 Å².